The number of ether oxygens (including phenoxy) is 1. The number of carbonyl (C=O) groups excluding carboxylic acids is 1. The topological polar surface area (TPSA) is 99.3 Å². The van der Waals surface area contributed by atoms with Crippen LogP contribution in [0.1, 0.15) is 22.5 Å². The summed E-state index contributed by atoms with van der Waals surface area (Å²) < 4.78 is 7.40. The predicted octanol–water partition coefficient (Wildman–Crippen LogP) is 4.46. The van der Waals surface area contributed by atoms with Crippen LogP contribution in [0.25, 0.3) is 0 Å². The van der Waals surface area contributed by atoms with Crippen molar-refractivity contribution in [3.05, 3.63) is 75.1 Å². The molecule has 0 aliphatic heterocycles. The van der Waals surface area contributed by atoms with Gasteiger partial charge in [-0.2, -0.15) is 5.10 Å². The quantitative estimate of drug-likeness (QED) is 0.492. The van der Waals surface area contributed by atoms with Gasteiger partial charge in [-0.05, 0) is 57.0 Å². The number of hydrogen-bond acceptors (Lipinski definition) is 5. The van der Waals surface area contributed by atoms with Crippen molar-refractivity contribution in [2.75, 3.05) is 5.32 Å². The third kappa shape index (κ3) is 5.19. The zero-order chi connectivity index (χ0) is 21.1. The molecule has 0 aliphatic rings. The van der Waals surface area contributed by atoms with Crippen molar-refractivity contribution in [1.29, 1.82) is 0 Å². The molecule has 8 heteroatoms. The first-order valence-corrected chi connectivity index (χ1v) is 9.06. The molecular weight excluding hydrogens is 372 g/mol. The monoisotopic (exact) mass is 394 g/mol. The Hall–Kier alpha value is -3.68. The van der Waals surface area contributed by atoms with E-state index in [0.29, 0.717) is 5.75 Å². The molecule has 8 nitrogen and oxygen atoms in total. The molecule has 1 heterocycles. The van der Waals surface area contributed by atoms with E-state index in [4.69, 9.17) is 4.74 Å². The van der Waals surface area contributed by atoms with Gasteiger partial charge in [0, 0.05) is 17.8 Å². The second-order valence-corrected chi connectivity index (χ2v) is 7.03. The van der Waals surface area contributed by atoms with Gasteiger partial charge >= 0.3 is 0 Å². The number of aryl methyl sites for hydroxylation is 4. The highest BCUT2D eigenvalue weighted by molar-refractivity contribution is 5.91. The molecule has 1 N–H and O–H groups in total. The molecule has 0 saturated carbocycles. The molecule has 0 saturated heterocycles. The normalized spacial score (nSPS) is 10.6. The Kier molecular flexibility index (Phi) is 5.63. The number of rotatable bonds is 6. The molecule has 0 aliphatic carbocycles. The highest BCUT2D eigenvalue weighted by atomic mass is 16.6. The molecule has 1 aromatic heterocycles. The maximum absolute atomic E-state index is 12.4. The van der Waals surface area contributed by atoms with Gasteiger partial charge in [0.05, 0.1) is 22.4 Å². The first kappa shape index (κ1) is 20.1. The van der Waals surface area contributed by atoms with Crippen LogP contribution in [0.15, 0.2) is 42.5 Å². The summed E-state index contributed by atoms with van der Waals surface area (Å²) in [5.74, 6) is 0.502. The Balaban J connectivity index is 1.83. The molecule has 3 rings (SSSR count). The Morgan fingerprint density at radius 2 is 1.69 bits per heavy atom. The summed E-state index contributed by atoms with van der Waals surface area (Å²) in [7, 11) is 0. The van der Waals surface area contributed by atoms with Crippen LogP contribution in [0.3, 0.4) is 0 Å². The van der Waals surface area contributed by atoms with Gasteiger partial charge in [0.2, 0.25) is 5.91 Å². The molecule has 0 unspecified atom stereocenters. The van der Waals surface area contributed by atoms with Crippen LogP contribution in [0.5, 0.6) is 11.5 Å². The number of carbonyl (C=O) groups is 1. The van der Waals surface area contributed by atoms with Gasteiger partial charge in [0.15, 0.2) is 0 Å². The highest BCUT2D eigenvalue weighted by Crippen LogP contribution is 2.30. The average molecular weight is 394 g/mol. The maximum Gasteiger partial charge on any atom is 0.275 e. The number of benzene rings is 2. The third-order valence-electron chi connectivity index (χ3n) is 4.21. The summed E-state index contributed by atoms with van der Waals surface area (Å²) in [6, 6.07) is 11.7. The van der Waals surface area contributed by atoms with Gasteiger partial charge in [-0.15, -0.1) is 0 Å². The molecule has 0 spiro atoms. The van der Waals surface area contributed by atoms with Gasteiger partial charge < -0.3 is 10.1 Å². The number of aromatic nitrogens is 2. The lowest BCUT2D eigenvalue weighted by Crippen LogP contribution is -2.20. The van der Waals surface area contributed by atoms with Crippen molar-refractivity contribution >= 4 is 17.3 Å². The number of nitro groups is 1. The number of nitrogens with zero attached hydrogens (tertiary/aromatic N) is 3. The van der Waals surface area contributed by atoms with E-state index < -0.39 is 4.92 Å². The summed E-state index contributed by atoms with van der Waals surface area (Å²) in [5, 5.41) is 18.3. The van der Waals surface area contributed by atoms with Crippen LogP contribution in [0, 0.1) is 37.8 Å². The van der Waals surface area contributed by atoms with Gasteiger partial charge in [-0.25, -0.2) is 0 Å². The summed E-state index contributed by atoms with van der Waals surface area (Å²) in [5.41, 5.74) is 3.82. The van der Waals surface area contributed by atoms with E-state index in [9.17, 15) is 14.9 Å². The number of non-ortho nitro benzene ring substituents is 1. The zero-order valence-electron chi connectivity index (χ0n) is 16.7. The SMILES string of the molecule is Cc1cc(C)cc(Oc2cc(NC(=O)Cn3nc(C)cc3C)cc([N+](=O)[O-])c2)c1. The fourth-order valence-electron chi connectivity index (χ4n) is 3.12. The number of nitro benzene ring substituents is 1. The number of hydrogen-bond donors (Lipinski definition) is 1. The Morgan fingerprint density at radius 1 is 1.03 bits per heavy atom. The van der Waals surface area contributed by atoms with E-state index in [1.54, 1.807) is 10.7 Å². The number of amides is 1. The second-order valence-electron chi connectivity index (χ2n) is 7.03. The van der Waals surface area contributed by atoms with Crippen LogP contribution >= 0.6 is 0 Å². The summed E-state index contributed by atoms with van der Waals surface area (Å²) in [6.07, 6.45) is 0. The van der Waals surface area contributed by atoms with Gasteiger partial charge in [-0.3, -0.25) is 19.6 Å². The lowest BCUT2D eigenvalue weighted by Gasteiger charge is -2.11. The van der Waals surface area contributed by atoms with Gasteiger partial charge in [0.1, 0.15) is 18.0 Å². The van der Waals surface area contributed by atoms with Crippen LogP contribution in [0.2, 0.25) is 0 Å². The average Bonchev–Trinajstić information content (AvgIpc) is 2.90. The Labute approximate surface area is 168 Å². The standard InChI is InChI=1S/C21H22N4O4/c1-13-5-14(2)7-19(6-13)29-20-10-17(9-18(11-20)25(27)28)22-21(26)12-24-16(4)8-15(3)23-24/h5-11H,12H2,1-4H3,(H,22,26). The Bertz CT molecular complexity index is 1070. The molecule has 0 bridgehead atoms. The van der Waals surface area contributed by atoms with Crippen molar-refractivity contribution in [2.45, 2.75) is 34.2 Å². The van der Waals surface area contributed by atoms with Crippen LogP contribution < -0.4 is 10.1 Å². The minimum absolute atomic E-state index is 0.00955. The van der Waals surface area contributed by atoms with Crippen LogP contribution in [-0.4, -0.2) is 20.6 Å². The maximum atomic E-state index is 12.4. The highest BCUT2D eigenvalue weighted by Gasteiger charge is 2.14. The molecule has 0 radical (unpaired) electrons. The third-order valence-corrected chi connectivity index (χ3v) is 4.21. The molecule has 29 heavy (non-hydrogen) atoms. The lowest BCUT2D eigenvalue weighted by atomic mass is 10.1. The fraction of sp³-hybridized carbons (Fsp3) is 0.238. The summed E-state index contributed by atoms with van der Waals surface area (Å²) in [4.78, 5) is 23.2. The van der Waals surface area contributed by atoms with E-state index in [2.05, 4.69) is 10.4 Å². The van der Waals surface area contributed by atoms with Crippen molar-refractivity contribution < 1.29 is 14.5 Å². The molecule has 1 amide bonds. The van der Waals surface area contributed by atoms with E-state index in [-0.39, 0.29) is 29.6 Å². The first-order valence-electron chi connectivity index (χ1n) is 9.06. The second kappa shape index (κ2) is 8.14. The van der Waals surface area contributed by atoms with E-state index >= 15 is 0 Å². The van der Waals surface area contributed by atoms with E-state index in [1.807, 2.05) is 52.0 Å². The van der Waals surface area contributed by atoms with Gasteiger partial charge in [-0.1, -0.05) is 6.07 Å². The number of anilines is 1. The van der Waals surface area contributed by atoms with E-state index in [1.165, 1.54) is 12.1 Å². The van der Waals surface area contributed by atoms with Crippen molar-refractivity contribution in [1.82, 2.24) is 9.78 Å². The summed E-state index contributed by atoms with van der Waals surface area (Å²) >= 11 is 0. The minimum atomic E-state index is -0.523. The van der Waals surface area contributed by atoms with Crippen LogP contribution in [0.4, 0.5) is 11.4 Å². The summed E-state index contributed by atoms with van der Waals surface area (Å²) in [6.45, 7) is 7.60. The van der Waals surface area contributed by atoms with Gasteiger partial charge in [0.25, 0.3) is 5.69 Å². The smallest absolute Gasteiger partial charge is 0.275 e. The molecule has 150 valence electrons. The lowest BCUT2D eigenvalue weighted by molar-refractivity contribution is -0.384. The van der Waals surface area contributed by atoms with Crippen molar-refractivity contribution in [3.8, 4) is 11.5 Å². The Morgan fingerprint density at radius 3 is 2.28 bits per heavy atom. The zero-order valence-corrected chi connectivity index (χ0v) is 16.7. The molecule has 3 aromatic rings. The van der Waals surface area contributed by atoms with Crippen molar-refractivity contribution in [3.63, 3.8) is 0 Å². The van der Waals surface area contributed by atoms with Crippen molar-refractivity contribution in [2.24, 2.45) is 0 Å². The molecule has 0 fully saturated rings. The van der Waals surface area contributed by atoms with E-state index in [0.717, 1.165) is 22.5 Å². The molecular formula is C21H22N4O4. The molecule has 0 atom stereocenters. The van der Waals surface area contributed by atoms with Crippen LogP contribution in [-0.2, 0) is 11.3 Å². The first-order chi connectivity index (χ1) is 13.7. The predicted molar refractivity (Wildman–Crippen MR) is 109 cm³/mol. The number of nitrogens with one attached hydrogen (secondary N) is 1. The minimum Gasteiger partial charge on any atom is -0.457 e. The fourth-order valence-corrected chi connectivity index (χ4v) is 3.12. The largest absolute Gasteiger partial charge is 0.457 e. The molecule has 2 aromatic carbocycles.